The van der Waals surface area contributed by atoms with E-state index in [1.807, 2.05) is 0 Å². The molecule has 0 fully saturated rings. The molecule has 0 atom stereocenters. The molecule has 0 heterocycles. The highest BCUT2D eigenvalue weighted by molar-refractivity contribution is 5.64. The third kappa shape index (κ3) is 3.30. The summed E-state index contributed by atoms with van der Waals surface area (Å²) in [6.45, 7) is 0.118. The summed E-state index contributed by atoms with van der Waals surface area (Å²) in [5.74, 6) is 3.36. The third-order valence-electron chi connectivity index (χ3n) is 2.05. The van der Waals surface area contributed by atoms with Crippen LogP contribution in [0, 0.1) is 35.0 Å². The van der Waals surface area contributed by atoms with Crippen LogP contribution in [0.2, 0.25) is 0 Å². The predicted molar refractivity (Wildman–Crippen MR) is 66.5 cm³/mol. The fourth-order valence-electron chi connectivity index (χ4n) is 1.27. The van der Waals surface area contributed by atoms with E-state index < -0.39 is 0 Å². The van der Waals surface area contributed by atoms with E-state index >= 15 is 0 Å². The van der Waals surface area contributed by atoms with E-state index in [2.05, 4.69) is 5.92 Å². The second kappa shape index (κ2) is 6.63. The van der Waals surface area contributed by atoms with Crippen molar-refractivity contribution in [3.8, 4) is 36.0 Å². The molecule has 0 spiro atoms. The zero-order valence-electron chi connectivity index (χ0n) is 9.80. The maximum absolute atomic E-state index is 8.68. The van der Waals surface area contributed by atoms with Crippen molar-refractivity contribution in [2.45, 2.75) is 0 Å². The van der Waals surface area contributed by atoms with Crippen LogP contribution in [0.5, 0.6) is 11.5 Å². The number of hydrogen-bond acceptors (Lipinski definition) is 4. The first kappa shape index (κ1) is 13.2. The minimum atomic E-state index is 0.0167. The molecule has 1 rings (SSSR count). The number of rotatable bonds is 4. The maximum atomic E-state index is 8.68. The number of hydrogen-bond donors (Lipinski definition) is 0. The van der Waals surface area contributed by atoms with Crippen LogP contribution >= 0.6 is 0 Å². The highest BCUT2D eigenvalue weighted by atomic mass is 16.5. The molecule has 0 aliphatic carbocycles. The van der Waals surface area contributed by atoms with Gasteiger partial charge in [-0.2, -0.15) is 10.5 Å². The SMILES string of the molecule is C#CCOc1cc(C=C(C#N)C#N)ccc1OC. The molecular formula is C14H10N2O2. The fraction of sp³-hybridized carbons (Fsp3) is 0.143. The summed E-state index contributed by atoms with van der Waals surface area (Å²) >= 11 is 0. The Bertz CT molecular complexity index is 567. The van der Waals surface area contributed by atoms with Crippen molar-refractivity contribution in [3.63, 3.8) is 0 Å². The van der Waals surface area contributed by atoms with Gasteiger partial charge in [0.25, 0.3) is 0 Å². The Morgan fingerprint density at radius 1 is 1.33 bits per heavy atom. The third-order valence-corrected chi connectivity index (χ3v) is 2.05. The molecule has 88 valence electrons. The number of methoxy groups -OCH3 is 1. The van der Waals surface area contributed by atoms with Crippen LogP contribution in [0.1, 0.15) is 5.56 Å². The monoisotopic (exact) mass is 238 g/mol. The van der Waals surface area contributed by atoms with Gasteiger partial charge in [-0.05, 0) is 23.8 Å². The number of ether oxygens (including phenoxy) is 2. The largest absolute Gasteiger partial charge is 0.493 e. The van der Waals surface area contributed by atoms with E-state index in [-0.39, 0.29) is 12.2 Å². The summed E-state index contributed by atoms with van der Waals surface area (Å²) in [5, 5.41) is 17.4. The van der Waals surface area contributed by atoms with Gasteiger partial charge in [0, 0.05) is 0 Å². The summed E-state index contributed by atoms with van der Waals surface area (Å²) < 4.78 is 10.4. The number of benzene rings is 1. The molecule has 0 saturated carbocycles. The Balaban J connectivity index is 3.12. The smallest absolute Gasteiger partial charge is 0.163 e. The topological polar surface area (TPSA) is 66.0 Å². The van der Waals surface area contributed by atoms with Gasteiger partial charge >= 0.3 is 0 Å². The molecule has 0 aliphatic rings. The second-order valence-electron chi connectivity index (χ2n) is 3.18. The Morgan fingerprint density at radius 2 is 2.06 bits per heavy atom. The molecule has 1 aromatic rings. The van der Waals surface area contributed by atoms with Crippen LogP contribution in [-0.4, -0.2) is 13.7 Å². The summed E-state index contributed by atoms with van der Waals surface area (Å²) in [4.78, 5) is 0. The Morgan fingerprint density at radius 3 is 2.61 bits per heavy atom. The van der Waals surface area contributed by atoms with Crippen molar-refractivity contribution in [2.24, 2.45) is 0 Å². The van der Waals surface area contributed by atoms with Crippen molar-refractivity contribution >= 4 is 6.08 Å². The van der Waals surface area contributed by atoms with Crippen LogP contribution in [0.3, 0.4) is 0 Å². The van der Waals surface area contributed by atoms with Gasteiger partial charge in [0.1, 0.15) is 24.3 Å². The summed E-state index contributed by atoms with van der Waals surface area (Å²) in [7, 11) is 1.52. The Kier molecular flexibility index (Phi) is 4.85. The minimum Gasteiger partial charge on any atom is -0.493 e. The lowest BCUT2D eigenvalue weighted by Gasteiger charge is -2.09. The van der Waals surface area contributed by atoms with Crippen molar-refractivity contribution in [1.29, 1.82) is 10.5 Å². The zero-order chi connectivity index (χ0) is 13.4. The number of terminal acetylenes is 1. The van der Waals surface area contributed by atoms with Crippen LogP contribution in [-0.2, 0) is 0 Å². The summed E-state index contributed by atoms with van der Waals surface area (Å²) in [5.41, 5.74) is 0.684. The van der Waals surface area contributed by atoms with Crippen molar-refractivity contribution in [3.05, 3.63) is 29.3 Å². The van der Waals surface area contributed by atoms with Gasteiger partial charge in [-0.1, -0.05) is 12.0 Å². The standard InChI is InChI=1S/C14H10N2O2/c1-3-6-18-14-8-11(4-5-13(14)17-2)7-12(9-15)10-16/h1,4-5,7-8H,6H2,2H3. The molecule has 1 aromatic carbocycles. The first-order valence-electron chi connectivity index (χ1n) is 5.01. The molecule has 18 heavy (non-hydrogen) atoms. The molecule has 0 aromatic heterocycles. The predicted octanol–water partition coefficient (Wildman–Crippen LogP) is 2.14. The lowest BCUT2D eigenvalue weighted by molar-refractivity contribution is 0.331. The van der Waals surface area contributed by atoms with Crippen molar-refractivity contribution in [2.75, 3.05) is 13.7 Å². The van der Waals surface area contributed by atoms with Gasteiger partial charge in [0.05, 0.1) is 7.11 Å². The van der Waals surface area contributed by atoms with Crippen molar-refractivity contribution in [1.82, 2.24) is 0 Å². The van der Waals surface area contributed by atoms with Crippen LogP contribution < -0.4 is 9.47 Å². The van der Waals surface area contributed by atoms with E-state index in [1.54, 1.807) is 30.3 Å². The molecule has 0 saturated heterocycles. The van der Waals surface area contributed by atoms with Crippen LogP contribution in [0.25, 0.3) is 6.08 Å². The lowest BCUT2D eigenvalue weighted by Crippen LogP contribution is -1.97. The van der Waals surface area contributed by atoms with Gasteiger partial charge in [0.2, 0.25) is 0 Å². The second-order valence-corrected chi connectivity index (χ2v) is 3.18. The molecule has 0 N–H and O–H groups in total. The van der Waals surface area contributed by atoms with E-state index in [1.165, 1.54) is 13.2 Å². The lowest BCUT2D eigenvalue weighted by atomic mass is 10.1. The summed E-state index contributed by atoms with van der Waals surface area (Å²) in [6, 6.07) is 8.63. The Hall–Kier alpha value is -2.90. The van der Waals surface area contributed by atoms with E-state index in [4.69, 9.17) is 26.4 Å². The van der Waals surface area contributed by atoms with Crippen molar-refractivity contribution < 1.29 is 9.47 Å². The molecule has 0 aliphatic heterocycles. The zero-order valence-corrected chi connectivity index (χ0v) is 9.80. The molecule has 4 heteroatoms. The fourth-order valence-corrected chi connectivity index (χ4v) is 1.27. The Labute approximate surface area is 106 Å². The number of allylic oxidation sites excluding steroid dienone is 1. The highest BCUT2D eigenvalue weighted by Gasteiger charge is 2.05. The quantitative estimate of drug-likeness (QED) is 0.595. The van der Waals surface area contributed by atoms with Crippen LogP contribution in [0.4, 0.5) is 0 Å². The normalized spacial score (nSPS) is 8.33. The van der Waals surface area contributed by atoms with Gasteiger partial charge in [0.15, 0.2) is 11.5 Å². The minimum absolute atomic E-state index is 0.0167. The molecule has 4 nitrogen and oxygen atoms in total. The van der Waals surface area contributed by atoms with Gasteiger partial charge in [-0.3, -0.25) is 0 Å². The van der Waals surface area contributed by atoms with E-state index in [9.17, 15) is 0 Å². The maximum Gasteiger partial charge on any atom is 0.163 e. The van der Waals surface area contributed by atoms with Gasteiger partial charge in [-0.25, -0.2) is 0 Å². The molecule has 0 radical (unpaired) electrons. The first-order chi connectivity index (χ1) is 8.74. The molecular weight excluding hydrogens is 228 g/mol. The van der Waals surface area contributed by atoms with E-state index in [0.717, 1.165) is 0 Å². The van der Waals surface area contributed by atoms with Gasteiger partial charge in [-0.15, -0.1) is 6.42 Å². The molecule has 0 bridgehead atoms. The molecule has 0 unspecified atom stereocenters. The molecule has 0 amide bonds. The highest BCUT2D eigenvalue weighted by Crippen LogP contribution is 2.28. The first-order valence-corrected chi connectivity index (χ1v) is 5.01. The summed E-state index contributed by atoms with van der Waals surface area (Å²) in [6.07, 6.45) is 6.58. The average Bonchev–Trinajstić information content (AvgIpc) is 2.42. The number of nitriles is 2. The number of nitrogens with zero attached hydrogens (tertiary/aromatic N) is 2. The van der Waals surface area contributed by atoms with E-state index in [0.29, 0.717) is 17.1 Å². The van der Waals surface area contributed by atoms with Crippen LogP contribution in [0.15, 0.2) is 23.8 Å². The average molecular weight is 238 g/mol. The van der Waals surface area contributed by atoms with Gasteiger partial charge < -0.3 is 9.47 Å².